The number of nitrogen functional groups attached to an aromatic ring is 1. The maximum absolute atomic E-state index is 7.95. The highest BCUT2D eigenvalue weighted by atomic mass is 15.2. The van der Waals surface area contributed by atoms with E-state index in [1.165, 1.54) is 68.1 Å². The van der Waals surface area contributed by atoms with Gasteiger partial charge in [-0.15, -0.1) is 0 Å². The van der Waals surface area contributed by atoms with Gasteiger partial charge in [0, 0.05) is 31.7 Å². The van der Waals surface area contributed by atoms with Gasteiger partial charge in [0.25, 0.3) is 0 Å². The number of hydrogen-bond donors (Lipinski definition) is 3. The van der Waals surface area contributed by atoms with Crippen LogP contribution in [0.2, 0.25) is 0 Å². The Kier molecular flexibility index (Phi) is 11.0. The lowest BCUT2D eigenvalue weighted by Gasteiger charge is -2.35. The third-order valence-corrected chi connectivity index (χ3v) is 7.48. The second-order valence-electron chi connectivity index (χ2n) is 10.7. The molecule has 4 N–H and O–H groups in total. The van der Waals surface area contributed by atoms with E-state index in [1.54, 1.807) is 0 Å². The molecule has 1 heterocycles. The van der Waals surface area contributed by atoms with E-state index < -0.39 is 0 Å². The Hall–Kier alpha value is -2.66. The third-order valence-electron chi connectivity index (χ3n) is 7.48. The molecule has 2 aromatic rings. The third kappa shape index (κ3) is 8.77. The zero-order valence-corrected chi connectivity index (χ0v) is 22.8. The number of rotatable bonds is 13. The first-order valence-electron chi connectivity index (χ1n) is 13.9. The lowest BCUT2D eigenvalue weighted by atomic mass is 9.95. The summed E-state index contributed by atoms with van der Waals surface area (Å²) >= 11 is 0. The van der Waals surface area contributed by atoms with Crippen molar-refractivity contribution >= 4 is 11.7 Å². The van der Waals surface area contributed by atoms with E-state index in [-0.39, 0.29) is 5.84 Å². The Labute approximate surface area is 219 Å². The first-order chi connectivity index (χ1) is 17.4. The van der Waals surface area contributed by atoms with E-state index >= 15 is 0 Å². The van der Waals surface area contributed by atoms with Crippen LogP contribution < -0.4 is 5.73 Å². The van der Waals surface area contributed by atoms with E-state index in [1.807, 2.05) is 25.1 Å². The Morgan fingerprint density at radius 3 is 2.39 bits per heavy atom. The fourth-order valence-corrected chi connectivity index (χ4v) is 5.41. The Bertz CT molecular complexity index is 990. The quantitative estimate of drug-likeness (QED) is 0.164. The topological polar surface area (TPSA) is 80.2 Å². The molecule has 0 bridgehead atoms. The molecule has 1 fully saturated rings. The van der Waals surface area contributed by atoms with Crippen LogP contribution in [-0.4, -0.2) is 47.7 Å². The summed E-state index contributed by atoms with van der Waals surface area (Å²) in [5.41, 5.74) is 11.5. The average Bonchev–Trinajstić information content (AvgIpc) is 2.86. The van der Waals surface area contributed by atoms with E-state index in [0.29, 0.717) is 11.8 Å². The van der Waals surface area contributed by atoms with Gasteiger partial charge in [-0.1, -0.05) is 74.9 Å². The molecular formula is C31H47N5. The smallest absolute Gasteiger partial charge is 0.122 e. The molecule has 196 valence electrons. The summed E-state index contributed by atoms with van der Waals surface area (Å²) in [5, 5.41) is 15.8. The second kappa shape index (κ2) is 14.2. The largest absolute Gasteiger partial charge is 0.384 e. The number of nitrogens with two attached hydrogens (primary N) is 1. The van der Waals surface area contributed by atoms with Crippen LogP contribution in [0.1, 0.15) is 81.9 Å². The summed E-state index contributed by atoms with van der Waals surface area (Å²) in [4.78, 5) is 4.90. The molecule has 1 aliphatic heterocycles. The van der Waals surface area contributed by atoms with Crippen molar-refractivity contribution in [3.63, 3.8) is 0 Å². The number of hydrogen-bond acceptors (Lipinski definition) is 3. The van der Waals surface area contributed by atoms with Crippen molar-refractivity contribution in [1.82, 2.24) is 9.80 Å². The molecule has 0 radical (unpaired) electrons. The van der Waals surface area contributed by atoms with E-state index in [9.17, 15) is 0 Å². The number of aryl methyl sites for hydroxylation is 1. The number of piperidine rings is 1. The molecule has 0 spiro atoms. The molecule has 0 aromatic heterocycles. The summed E-state index contributed by atoms with van der Waals surface area (Å²) in [6.07, 6.45) is 10.3. The highest BCUT2D eigenvalue weighted by molar-refractivity contribution is 5.96. The van der Waals surface area contributed by atoms with Gasteiger partial charge in [0.15, 0.2) is 0 Å². The van der Waals surface area contributed by atoms with Crippen LogP contribution in [0.25, 0.3) is 11.1 Å². The first kappa shape index (κ1) is 27.9. The number of unbranched alkanes of at least 4 members (excludes halogenated alkanes) is 5. The van der Waals surface area contributed by atoms with Crippen molar-refractivity contribution < 1.29 is 0 Å². The molecule has 0 unspecified atom stereocenters. The molecule has 1 saturated heterocycles. The maximum atomic E-state index is 7.95. The van der Waals surface area contributed by atoms with Gasteiger partial charge in [0.1, 0.15) is 5.84 Å². The summed E-state index contributed by atoms with van der Waals surface area (Å²) in [7, 11) is 0. The lowest BCUT2D eigenvalue weighted by molar-refractivity contribution is 0.170. The van der Waals surface area contributed by atoms with Crippen molar-refractivity contribution in [1.29, 1.82) is 10.8 Å². The summed E-state index contributed by atoms with van der Waals surface area (Å²) < 4.78 is 0. The van der Waals surface area contributed by atoms with Gasteiger partial charge in [-0.25, -0.2) is 0 Å². The SMILES string of the molecule is CCCCCCCCN(Cc1cc(C)cc(-c2cccc(C(=N)N)c2)c1)CC1CCN(C(C)=N)CC1. The minimum Gasteiger partial charge on any atom is -0.384 e. The molecule has 1 aliphatic rings. The summed E-state index contributed by atoms with van der Waals surface area (Å²) in [5.74, 6) is 1.52. The standard InChI is InChI=1S/C31H47N5/c1-4-5-6-7-8-9-15-35(22-26-13-16-36(17-14-26)25(3)32)23-27-18-24(2)19-30(20-27)28-11-10-12-29(21-28)31(33)34/h10-12,18-21,26,32H,4-9,13-17,22-23H2,1-3H3,(H3,33,34). The molecule has 3 rings (SSSR count). The van der Waals surface area contributed by atoms with E-state index in [2.05, 4.69) is 47.9 Å². The molecule has 0 amide bonds. The highest BCUT2D eigenvalue weighted by Crippen LogP contribution is 2.26. The molecule has 0 atom stereocenters. The van der Waals surface area contributed by atoms with Crippen LogP contribution in [0.5, 0.6) is 0 Å². The minimum atomic E-state index is 0.110. The van der Waals surface area contributed by atoms with Crippen molar-refractivity contribution in [3.8, 4) is 11.1 Å². The van der Waals surface area contributed by atoms with Crippen molar-refractivity contribution in [2.24, 2.45) is 11.7 Å². The van der Waals surface area contributed by atoms with Crippen molar-refractivity contribution in [2.75, 3.05) is 26.2 Å². The van der Waals surface area contributed by atoms with E-state index in [4.69, 9.17) is 16.6 Å². The fraction of sp³-hybridized carbons (Fsp3) is 0.548. The van der Waals surface area contributed by atoms with Crippen LogP contribution in [0.15, 0.2) is 42.5 Å². The van der Waals surface area contributed by atoms with Crippen LogP contribution in [0.4, 0.5) is 0 Å². The predicted octanol–water partition coefficient (Wildman–Crippen LogP) is 6.82. The maximum Gasteiger partial charge on any atom is 0.122 e. The minimum absolute atomic E-state index is 0.110. The number of likely N-dealkylation sites (tertiary alicyclic amines) is 1. The highest BCUT2D eigenvalue weighted by Gasteiger charge is 2.22. The molecule has 2 aromatic carbocycles. The zero-order valence-electron chi connectivity index (χ0n) is 22.8. The van der Waals surface area contributed by atoms with Gasteiger partial charge < -0.3 is 10.6 Å². The molecule has 0 aliphatic carbocycles. The fourth-order valence-electron chi connectivity index (χ4n) is 5.41. The predicted molar refractivity (Wildman–Crippen MR) is 154 cm³/mol. The number of benzene rings is 2. The molecule has 5 nitrogen and oxygen atoms in total. The molecule has 0 saturated carbocycles. The first-order valence-corrected chi connectivity index (χ1v) is 13.9. The summed E-state index contributed by atoms with van der Waals surface area (Å²) in [6, 6.07) is 14.9. The molecular weight excluding hydrogens is 442 g/mol. The van der Waals surface area contributed by atoms with Crippen LogP contribution >= 0.6 is 0 Å². The Morgan fingerprint density at radius 2 is 1.69 bits per heavy atom. The van der Waals surface area contributed by atoms with Gasteiger partial charge >= 0.3 is 0 Å². The van der Waals surface area contributed by atoms with Crippen LogP contribution in [0.3, 0.4) is 0 Å². The monoisotopic (exact) mass is 489 g/mol. The van der Waals surface area contributed by atoms with Crippen LogP contribution in [-0.2, 0) is 6.54 Å². The Balaban J connectivity index is 1.70. The van der Waals surface area contributed by atoms with Gasteiger partial charge in [-0.2, -0.15) is 0 Å². The van der Waals surface area contributed by atoms with E-state index in [0.717, 1.165) is 43.9 Å². The molecule has 36 heavy (non-hydrogen) atoms. The molecule has 5 heteroatoms. The number of nitrogens with one attached hydrogen (secondary N) is 2. The van der Waals surface area contributed by atoms with Gasteiger partial charge in [-0.05, 0) is 74.4 Å². The van der Waals surface area contributed by atoms with Gasteiger partial charge in [0.05, 0.1) is 5.84 Å². The lowest BCUT2D eigenvalue weighted by Crippen LogP contribution is -2.40. The van der Waals surface area contributed by atoms with Gasteiger partial charge in [0.2, 0.25) is 0 Å². The number of amidine groups is 2. The second-order valence-corrected chi connectivity index (χ2v) is 10.7. The summed E-state index contributed by atoms with van der Waals surface area (Å²) in [6.45, 7) is 11.7. The van der Waals surface area contributed by atoms with Crippen LogP contribution in [0, 0.1) is 23.7 Å². The normalized spacial score (nSPS) is 14.4. The average molecular weight is 490 g/mol. The zero-order chi connectivity index (χ0) is 25.9. The Morgan fingerprint density at radius 1 is 0.972 bits per heavy atom. The number of nitrogens with zero attached hydrogens (tertiary/aromatic N) is 2. The van der Waals surface area contributed by atoms with Crippen molar-refractivity contribution in [2.45, 2.75) is 78.7 Å². The van der Waals surface area contributed by atoms with Crippen molar-refractivity contribution in [3.05, 3.63) is 59.2 Å². The van der Waals surface area contributed by atoms with Gasteiger partial charge in [-0.3, -0.25) is 15.7 Å².